The first-order chi connectivity index (χ1) is 15.9. The van der Waals surface area contributed by atoms with Crippen molar-refractivity contribution in [3.63, 3.8) is 0 Å². The number of thioether (sulfide) groups is 1. The number of amides is 1. The van der Waals surface area contributed by atoms with Gasteiger partial charge >= 0.3 is 5.97 Å². The zero-order valence-corrected chi connectivity index (χ0v) is 19.7. The van der Waals surface area contributed by atoms with Crippen LogP contribution >= 0.6 is 23.3 Å². The third-order valence-corrected chi connectivity index (χ3v) is 5.45. The number of rotatable bonds is 9. The van der Waals surface area contributed by atoms with Crippen LogP contribution < -0.4 is 14.8 Å². The topological polar surface area (TPSA) is 127 Å². The highest BCUT2D eigenvalue weighted by molar-refractivity contribution is 7.99. The third kappa shape index (κ3) is 6.68. The minimum absolute atomic E-state index is 0.0523. The molecule has 3 rings (SSSR count). The largest absolute Gasteiger partial charge is 0.490 e. The molecule has 33 heavy (non-hydrogen) atoms. The maximum Gasteiger partial charge on any atom is 0.379 e. The molecule has 0 unspecified atom stereocenters. The summed E-state index contributed by atoms with van der Waals surface area (Å²) >= 11 is 2.52. The van der Waals surface area contributed by atoms with E-state index in [0.717, 1.165) is 11.5 Å². The van der Waals surface area contributed by atoms with E-state index in [-0.39, 0.29) is 22.8 Å². The highest BCUT2D eigenvalue weighted by atomic mass is 32.2. The zero-order chi connectivity index (χ0) is 23.8. The molecule has 0 spiro atoms. The first-order valence-corrected chi connectivity index (χ1v) is 11.5. The first kappa shape index (κ1) is 24.0. The second-order valence-electron chi connectivity index (χ2n) is 6.68. The highest BCUT2D eigenvalue weighted by Gasteiger charge is 2.17. The summed E-state index contributed by atoms with van der Waals surface area (Å²) < 4.78 is 20.1. The van der Waals surface area contributed by atoms with Gasteiger partial charge in [-0.05, 0) is 42.8 Å². The van der Waals surface area contributed by atoms with Crippen molar-refractivity contribution in [3.05, 3.63) is 53.5 Å². The van der Waals surface area contributed by atoms with Crippen LogP contribution in [0.25, 0.3) is 6.08 Å². The number of carbonyl (C=O) groups excluding carboxylic acids is 2. The molecule has 1 amide bonds. The predicted molar refractivity (Wildman–Crippen MR) is 124 cm³/mol. The number of ether oxygens (including phenoxy) is 2. The van der Waals surface area contributed by atoms with Crippen LogP contribution in [-0.2, 0) is 4.79 Å². The van der Waals surface area contributed by atoms with Crippen molar-refractivity contribution in [1.29, 1.82) is 5.26 Å². The number of carbonyl (C=O) groups is 2. The first-order valence-electron chi connectivity index (χ1n) is 9.85. The van der Waals surface area contributed by atoms with Gasteiger partial charge in [0.2, 0.25) is 16.0 Å². The third-order valence-electron chi connectivity index (χ3n) is 3.84. The van der Waals surface area contributed by atoms with Crippen molar-refractivity contribution in [2.45, 2.75) is 31.2 Å². The van der Waals surface area contributed by atoms with Crippen LogP contribution in [0.4, 0.5) is 5.13 Å². The number of benzene rings is 1. The summed E-state index contributed by atoms with van der Waals surface area (Å²) in [6.07, 6.45) is 2.77. The molecular formula is C22H20N4O5S2. The minimum atomic E-state index is -0.673. The Morgan fingerprint density at radius 2 is 2.15 bits per heavy atom. The number of furan rings is 1. The van der Waals surface area contributed by atoms with E-state index in [0.29, 0.717) is 27.7 Å². The van der Waals surface area contributed by atoms with Crippen molar-refractivity contribution in [2.75, 3.05) is 11.9 Å². The minimum Gasteiger partial charge on any atom is -0.490 e. The standard InChI is InChI=1S/C22H20N4O5S2/c1-4-29-18-11-14(7-8-16(18)31-20(28)17-6-5-9-30-17)10-15(12-23)19(27)24-21-25-22(26-33-21)32-13(2)3/h5-11,13H,4H2,1-3H3,(H,24,25,26,27)/b15-10-. The summed E-state index contributed by atoms with van der Waals surface area (Å²) in [7, 11) is 0. The summed E-state index contributed by atoms with van der Waals surface area (Å²) in [5.41, 5.74) is 0.377. The Morgan fingerprint density at radius 1 is 1.33 bits per heavy atom. The van der Waals surface area contributed by atoms with Gasteiger partial charge in [-0.2, -0.15) is 14.6 Å². The van der Waals surface area contributed by atoms with E-state index < -0.39 is 11.9 Å². The van der Waals surface area contributed by atoms with Gasteiger partial charge < -0.3 is 13.9 Å². The Balaban J connectivity index is 1.77. The molecule has 2 aromatic heterocycles. The quantitative estimate of drug-likeness (QED) is 0.150. The lowest BCUT2D eigenvalue weighted by Gasteiger charge is -2.11. The molecule has 0 fully saturated rings. The molecule has 0 aliphatic rings. The summed E-state index contributed by atoms with van der Waals surface area (Å²) in [5.74, 6) is -0.767. The maximum absolute atomic E-state index is 12.6. The van der Waals surface area contributed by atoms with Crippen molar-refractivity contribution < 1.29 is 23.5 Å². The molecule has 11 heteroatoms. The van der Waals surface area contributed by atoms with Crippen LogP contribution in [0.2, 0.25) is 0 Å². The Hall–Kier alpha value is -3.62. The summed E-state index contributed by atoms with van der Waals surface area (Å²) in [6.45, 7) is 6.13. The Morgan fingerprint density at radius 3 is 2.82 bits per heavy atom. The molecule has 2 heterocycles. The lowest BCUT2D eigenvalue weighted by molar-refractivity contribution is -0.112. The number of nitrogens with zero attached hydrogens (tertiary/aromatic N) is 3. The van der Waals surface area contributed by atoms with Crippen LogP contribution in [-0.4, -0.2) is 33.1 Å². The van der Waals surface area contributed by atoms with E-state index in [4.69, 9.17) is 13.9 Å². The molecule has 0 aliphatic heterocycles. The number of nitriles is 1. The van der Waals surface area contributed by atoms with Gasteiger partial charge in [-0.15, -0.1) is 0 Å². The van der Waals surface area contributed by atoms with E-state index in [1.807, 2.05) is 19.9 Å². The van der Waals surface area contributed by atoms with Crippen LogP contribution in [0.5, 0.6) is 11.5 Å². The fraction of sp³-hybridized carbons (Fsp3) is 0.227. The van der Waals surface area contributed by atoms with Gasteiger partial charge in [0.1, 0.15) is 11.6 Å². The van der Waals surface area contributed by atoms with E-state index in [1.165, 1.54) is 36.2 Å². The smallest absolute Gasteiger partial charge is 0.379 e. The Kier molecular flexibility index (Phi) is 8.23. The van der Waals surface area contributed by atoms with Crippen molar-refractivity contribution >= 4 is 46.4 Å². The molecule has 0 saturated heterocycles. The Bertz CT molecular complexity index is 1200. The van der Waals surface area contributed by atoms with Gasteiger partial charge in [-0.1, -0.05) is 31.7 Å². The SMILES string of the molecule is CCOc1cc(/C=C(/C#N)C(=O)Nc2nc(SC(C)C)ns2)ccc1OC(=O)c1ccco1. The summed E-state index contributed by atoms with van der Waals surface area (Å²) in [5, 5.41) is 13.2. The van der Waals surface area contributed by atoms with Gasteiger partial charge in [0.05, 0.1) is 12.9 Å². The van der Waals surface area contributed by atoms with Crippen LogP contribution in [0, 0.1) is 11.3 Å². The molecule has 1 N–H and O–H groups in total. The maximum atomic E-state index is 12.6. The van der Waals surface area contributed by atoms with E-state index in [9.17, 15) is 14.9 Å². The number of nitrogens with one attached hydrogen (secondary N) is 1. The second kappa shape index (κ2) is 11.3. The fourth-order valence-electron chi connectivity index (χ4n) is 2.51. The van der Waals surface area contributed by atoms with Gasteiger partial charge in [-0.3, -0.25) is 10.1 Å². The average molecular weight is 485 g/mol. The molecular weight excluding hydrogens is 464 g/mol. The van der Waals surface area contributed by atoms with Crippen LogP contribution in [0.3, 0.4) is 0 Å². The summed E-state index contributed by atoms with van der Waals surface area (Å²) in [4.78, 5) is 29.0. The predicted octanol–water partition coefficient (Wildman–Crippen LogP) is 4.80. The number of aromatic nitrogens is 2. The lowest BCUT2D eigenvalue weighted by Crippen LogP contribution is -2.13. The van der Waals surface area contributed by atoms with Gasteiger partial charge in [0, 0.05) is 16.8 Å². The van der Waals surface area contributed by atoms with E-state index >= 15 is 0 Å². The second-order valence-corrected chi connectivity index (χ2v) is 8.97. The molecule has 0 atom stereocenters. The van der Waals surface area contributed by atoms with E-state index in [1.54, 1.807) is 25.1 Å². The van der Waals surface area contributed by atoms with E-state index in [2.05, 4.69) is 14.7 Å². The number of esters is 1. The molecule has 0 saturated carbocycles. The van der Waals surface area contributed by atoms with Crippen molar-refractivity contribution in [1.82, 2.24) is 9.36 Å². The number of anilines is 1. The number of hydrogen-bond donors (Lipinski definition) is 1. The zero-order valence-electron chi connectivity index (χ0n) is 18.0. The molecule has 0 radical (unpaired) electrons. The van der Waals surface area contributed by atoms with Crippen LogP contribution in [0.15, 0.2) is 51.7 Å². The normalized spacial score (nSPS) is 11.2. The molecule has 170 valence electrons. The lowest BCUT2D eigenvalue weighted by atomic mass is 10.1. The molecule has 1 aromatic carbocycles. The summed E-state index contributed by atoms with van der Waals surface area (Å²) in [6, 6.07) is 9.64. The monoisotopic (exact) mass is 484 g/mol. The van der Waals surface area contributed by atoms with Gasteiger partial charge in [-0.25, -0.2) is 4.79 Å². The van der Waals surface area contributed by atoms with Crippen molar-refractivity contribution in [3.8, 4) is 17.6 Å². The van der Waals surface area contributed by atoms with Gasteiger partial charge in [0.15, 0.2) is 11.5 Å². The molecule has 0 aliphatic carbocycles. The Labute approximate surface area is 198 Å². The fourth-order valence-corrected chi connectivity index (χ4v) is 3.89. The molecule has 3 aromatic rings. The molecule has 0 bridgehead atoms. The van der Waals surface area contributed by atoms with Crippen LogP contribution in [0.1, 0.15) is 36.9 Å². The number of hydrogen-bond acceptors (Lipinski definition) is 10. The van der Waals surface area contributed by atoms with Gasteiger partial charge in [0.25, 0.3) is 5.91 Å². The average Bonchev–Trinajstić information content (AvgIpc) is 3.46. The highest BCUT2D eigenvalue weighted by Crippen LogP contribution is 2.30. The van der Waals surface area contributed by atoms with Crippen molar-refractivity contribution in [2.24, 2.45) is 0 Å². The molecule has 9 nitrogen and oxygen atoms in total.